The molecule has 1 saturated heterocycles. The number of anilines is 2. The van der Waals surface area contributed by atoms with E-state index in [4.69, 9.17) is 5.73 Å². The largest absolute Gasteiger partial charge is 0.416 e. The van der Waals surface area contributed by atoms with Gasteiger partial charge in [0.1, 0.15) is 12.1 Å². The van der Waals surface area contributed by atoms with Crippen molar-refractivity contribution in [3.63, 3.8) is 0 Å². The van der Waals surface area contributed by atoms with Crippen LogP contribution >= 0.6 is 22.9 Å². The molecule has 7 nitrogen and oxygen atoms in total. The summed E-state index contributed by atoms with van der Waals surface area (Å²) in [7, 11) is 0. The number of hydrogen-bond acceptors (Lipinski definition) is 6. The number of amides is 1. The van der Waals surface area contributed by atoms with Gasteiger partial charge in [-0.3, -0.25) is 4.79 Å². The molecule has 1 aromatic heterocycles. The Kier molecular flexibility index (Phi) is 6.48. The Balaban J connectivity index is 1.50. The minimum absolute atomic E-state index is 0.00621. The zero-order valence-electron chi connectivity index (χ0n) is 17.5. The van der Waals surface area contributed by atoms with Crippen LogP contribution in [0.4, 0.5) is 24.7 Å². The van der Waals surface area contributed by atoms with Crippen molar-refractivity contribution in [2.24, 2.45) is 5.92 Å². The van der Waals surface area contributed by atoms with E-state index in [1.54, 1.807) is 11.8 Å². The molecular formula is C21H24F3IN6O. The van der Waals surface area contributed by atoms with Gasteiger partial charge in [-0.1, -0.05) is 0 Å². The SMILES string of the molecule is C[C@@H](Nc1ncnc2c1CN(C(=O)C1CCN(I)CC1)C2)c1cc(N)cc(C(F)(F)F)c1. The van der Waals surface area contributed by atoms with Crippen molar-refractivity contribution in [2.45, 2.75) is 45.1 Å². The van der Waals surface area contributed by atoms with Gasteiger partial charge in [-0.15, -0.1) is 0 Å². The van der Waals surface area contributed by atoms with E-state index < -0.39 is 17.8 Å². The number of piperidine rings is 1. The highest BCUT2D eigenvalue weighted by Crippen LogP contribution is 2.35. The summed E-state index contributed by atoms with van der Waals surface area (Å²) in [6.07, 6.45) is -1.40. The van der Waals surface area contributed by atoms with Crippen molar-refractivity contribution in [3.8, 4) is 0 Å². The van der Waals surface area contributed by atoms with Gasteiger partial charge in [0.05, 0.1) is 30.4 Å². The number of halogens is 4. The Morgan fingerprint density at radius 1 is 1.22 bits per heavy atom. The van der Waals surface area contributed by atoms with Gasteiger partial charge in [0.15, 0.2) is 0 Å². The van der Waals surface area contributed by atoms with Gasteiger partial charge >= 0.3 is 6.18 Å². The molecule has 11 heteroatoms. The third-order valence-electron chi connectivity index (χ3n) is 5.98. The minimum atomic E-state index is -4.48. The fourth-order valence-corrected chi connectivity index (χ4v) is 4.75. The van der Waals surface area contributed by atoms with E-state index in [1.165, 1.54) is 12.4 Å². The van der Waals surface area contributed by atoms with Gasteiger partial charge < -0.3 is 16.0 Å². The highest BCUT2D eigenvalue weighted by Gasteiger charge is 2.34. The molecular weight excluding hydrogens is 536 g/mol. The van der Waals surface area contributed by atoms with Crippen LogP contribution in [0.15, 0.2) is 24.5 Å². The molecule has 1 fully saturated rings. The number of aromatic nitrogens is 2. The maximum atomic E-state index is 13.2. The van der Waals surface area contributed by atoms with Crippen LogP contribution in [0.3, 0.4) is 0 Å². The minimum Gasteiger partial charge on any atom is -0.399 e. The van der Waals surface area contributed by atoms with Gasteiger partial charge in [0, 0.05) is 53.1 Å². The Hall–Kier alpha value is -2.15. The number of nitrogens with zero attached hydrogens (tertiary/aromatic N) is 4. The van der Waals surface area contributed by atoms with E-state index in [9.17, 15) is 18.0 Å². The highest BCUT2D eigenvalue weighted by atomic mass is 127. The van der Waals surface area contributed by atoms with Crippen LogP contribution in [0.1, 0.15) is 48.2 Å². The summed E-state index contributed by atoms with van der Waals surface area (Å²) in [5, 5.41) is 3.19. The summed E-state index contributed by atoms with van der Waals surface area (Å²) in [5.74, 6) is 0.653. The van der Waals surface area contributed by atoms with E-state index in [0.29, 0.717) is 24.5 Å². The molecule has 1 atom stereocenters. The first-order chi connectivity index (χ1) is 15.1. The van der Waals surface area contributed by atoms with Gasteiger partial charge in [-0.05, 0) is 43.5 Å². The fourth-order valence-electron chi connectivity index (χ4n) is 4.19. The fraction of sp³-hybridized carbons (Fsp3) is 0.476. The van der Waals surface area contributed by atoms with Crippen LogP contribution in [0.2, 0.25) is 0 Å². The molecule has 2 aromatic rings. The lowest BCUT2D eigenvalue weighted by atomic mass is 9.97. The summed E-state index contributed by atoms with van der Waals surface area (Å²) in [4.78, 5) is 23.4. The molecule has 3 heterocycles. The third-order valence-corrected chi connectivity index (χ3v) is 6.95. The van der Waals surface area contributed by atoms with Crippen molar-refractivity contribution in [3.05, 3.63) is 46.9 Å². The molecule has 3 N–H and O–H groups in total. The second-order valence-corrected chi connectivity index (χ2v) is 9.64. The van der Waals surface area contributed by atoms with Crippen LogP contribution in [-0.2, 0) is 24.1 Å². The third kappa shape index (κ3) is 4.92. The van der Waals surface area contributed by atoms with Crippen LogP contribution in [0, 0.1) is 5.92 Å². The number of fused-ring (bicyclic) bond motifs is 1. The molecule has 2 aliphatic rings. The normalized spacial score (nSPS) is 18.5. The number of nitrogens with one attached hydrogen (secondary N) is 1. The number of carbonyl (C=O) groups is 1. The quantitative estimate of drug-likeness (QED) is 0.332. The highest BCUT2D eigenvalue weighted by molar-refractivity contribution is 14.1. The van der Waals surface area contributed by atoms with Crippen LogP contribution < -0.4 is 11.1 Å². The zero-order chi connectivity index (χ0) is 23.0. The molecule has 0 bridgehead atoms. The first-order valence-corrected chi connectivity index (χ1v) is 11.3. The average molecular weight is 560 g/mol. The molecule has 0 radical (unpaired) electrons. The monoisotopic (exact) mass is 560 g/mol. The van der Waals surface area contributed by atoms with Crippen molar-refractivity contribution in [1.29, 1.82) is 0 Å². The Morgan fingerprint density at radius 3 is 2.62 bits per heavy atom. The second kappa shape index (κ2) is 9.00. The van der Waals surface area contributed by atoms with E-state index >= 15 is 0 Å². The summed E-state index contributed by atoms with van der Waals surface area (Å²) in [5.41, 5.74) is 6.94. The predicted octanol–water partition coefficient (Wildman–Crippen LogP) is 4.15. The molecule has 4 rings (SSSR count). The summed E-state index contributed by atoms with van der Waals surface area (Å²) in [6, 6.07) is 3.05. The topological polar surface area (TPSA) is 87.4 Å². The Morgan fingerprint density at radius 2 is 1.94 bits per heavy atom. The molecule has 0 unspecified atom stereocenters. The standard InChI is InChI=1S/C21H24F3IN6O/c1-12(14-6-15(21(22,23)24)8-16(26)7-14)29-19-17-9-30(10-18(17)27-11-28-19)20(32)13-2-4-31(25)5-3-13/h6-8,11-13H,2-5,9-10,26H2,1H3,(H,27,28,29)/t12-/m1/s1. The van der Waals surface area contributed by atoms with E-state index in [0.717, 1.165) is 49.3 Å². The lowest BCUT2D eigenvalue weighted by molar-refractivity contribution is -0.138. The molecule has 1 aromatic carbocycles. The van der Waals surface area contributed by atoms with Crippen molar-refractivity contribution in [1.82, 2.24) is 18.0 Å². The van der Waals surface area contributed by atoms with E-state index in [1.807, 2.05) is 0 Å². The number of nitrogens with two attached hydrogens (primary N) is 1. The van der Waals surface area contributed by atoms with Crippen LogP contribution in [-0.4, -0.2) is 37.0 Å². The number of rotatable bonds is 4. The van der Waals surface area contributed by atoms with E-state index in [-0.39, 0.29) is 17.5 Å². The molecule has 0 spiro atoms. The second-order valence-electron chi connectivity index (χ2n) is 8.28. The first-order valence-electron chi connectivity index (χ1n) is 10.4. The smallest absolute Gasteiger partial charge is 0.399 e. The number of hydrogen-bond donors (Lipinski definition) is 2. The summed E-state index contributed by atoms with van der Waals surface area (Å²) >= 11 is 2.28. The average Bonchev–Trinajstić information content (AvgIpc) is 3.18. The van der Waals surface area contributed by atoms with Crippen LogP contribution in [0.25, 0.3) is 0 Å². The molecule has 0 saturated carbocycles. The lowest BCUT2D eigenvalue weighted by Crippen LogP contribution is -2.37. The van der Waals surface area contributed by atoms with Gasteiger partial charge in [-0.25, -0.2) is 13.1 Å². The maximum Gasteiger partial charge on any atom is 0.416 e. The lowest BCUT2D eigenvalue weighted by Gasteiger charge is -2.29. The Labute approximate surface area is 198 Å². The van der Waals surface area contributed by atoms with Gasteiger partial charge in [0.25, 0.3) is 0 Å². The first kappa shape index (κ1) is 23.0. The van der Waals surface area contributed by atoms with Crippen molar-refractivity contribution in [2.75, 3.05) is 24.1 Å². The van der Waals surface area contributed by atoms with E-state index in [2.05, 4.69) is 41.3 Å². The van der Waals surface area contributed by atoms with Crippen molar-refractivity contribution < 1.29 is 18.0 Å². The van der Waals surface area contributed by atoms with Gasteiger partial charge in [-0.2, -0.15) is 13.2 Å². The molecule has 0 aliphatic carbocycles. The van der Waals surface area contributed by atoms with Gasteiger partial charge in [0.2, 0.25) is 5.91 Å². The van der Waals surface area contributed by atoms with Crippen LogP contribution in [0.5, 0.6) is 0 Å². The van der Waals surface area contributed by atoms with Crippen molar-refractivity contribution >= 4 is 40.3 Å². The molecule has 1 amide bonds. The summed E-state index contributed by atoms with van der Waals surface area (Å²) in [6.45, 7) is 4.34. The number of alkyl halides is 3. The Bertz CT molecular complexity index is 1010. The predicted molar refractivity (Wildman–Crippen MR) is 122 cm³/mol. The number of benzene rings is 1. The maximum absolute atomic E-state index is 13.2. The molecule has 32 heavy (non-hydrogen) atoms. The molecule has 172 valence electrons. The number of carbonyl (C=O) groups excluding carboxylic acids is 1. The zero-order valence-corrected chi connectivity index (χ0v) is 19.7. The summed E-state index contributed by atoms with van der Waals surface area (Å²) < 4.78 is 41.7. The number of nitrogen functional groups attached to an aromatic ring is 1. The molecule has 2 aliphatic heterocycles.